The number of benzene rings is 2. The van der Waals surface area contributed by atoms with E-state index >= 15 is 0 Å². The van der Waals surface area contributed by atoms with Gasteiger partial charge in [-0.2, -0.15) is 0 Å². The van der Waals surface area contributed by atoms with E-state index < -0.39 is 48.5 Å². The number of phenolic OH excluding ortho intramolecular Hbond substituents is 2. The van der Waals surface area contributed by atoms with Crippen molar-refractivity contribution < 1.29 is 53.6 Å². The van der Waals surface area contributed by atoms with Crippen molar-refractivity contribution in [1.29, 1.82) is 0 Å². The highest BCUT2D eigenvalue weighted by Crippen LogP contribution is 2.35. The fourth-order valence-corrected chi connectivity index (χ4v) is 4.84. The summed E-state index contributed by atoms with van der Waals surface area (Å²) in [4.78, 5) is 12.8. The molecule has 2 fully saturated rings. The average Bonchev–Trinajstić information content (AvgIpc) is 2.91. The molecular weight excluding hydrogens is 528 g/mol. The SMILES string of the molecule is COc1ccc(-c2cc(=O)c3c(O)cc(O[C@H]4C[C@@H](O)[C@H](O)[C@@H](CO[C@H]5CC[C@@H](O)[C@H](C)O5)O4)cc3o2)cc1O. The van der Waals surface area contributed by atoms with Crippen molar-refractivity contribution in [1.82, 2.24) is 0 Å². The molecule has 0 bridgehead atoms. The first-order chi connectivity index (χ1) is 19.1. The van der Waals surface area contributed by atoms with Gasteiger partial charge in [0.2, 0.25) is 6.29 Å². The molecule has 40 heavy (non-hydrogen) atoms. The molecule has 3 heterocycles. The highest BCUT2D eigenvalue weighted by Gasteiger charge is 2.39. The van der Waals surface area contributed by atoms with Crippen LogP contribution in [0.1, 0.15) is 26.2 Å². The number of aliphatic hydroxyl groups excluding tert-OH is 3. The minimum Gasteiger partial charge on any atom is -0.507 e. The van der Waals surface area contributed by atoms with Gasteiger partial charge in [0, 0.05) is 36.6 Å². The molecule has 0 unspecified atom stereocenters. The van der Waals surface area contributed by atoms with Gasteiger partial charge in [-0.3, -0.25) is 4.79 Å². The zero-order chi connectivity index (χ0) is 28.6. The van der Waals surface area contributed by atoms with E-state index in [4.69, 9.17) is 28.1 Å². The normalized spacial score (nSPS) is 28.9. The minimum atomic E-state index is -1.24. The average molecular weight is 561 g/mol. The molecule has 7 atom stereocenters. The third kappa shape index (κ3) is 5.87. The Labute approximate surface area is 228 Å². The van der Waals surface area contributed by atoms with Gasteiger partial charge in [-0.05, 0) is 31.5 Å². The van der Waals surface area contributed by atoms with E-state index in [-0.39, 0.29) is 52.8 Å². The van der Waals surface area contributed by atoms with E-state index in [1.165, 1.54) is 37.4 Å². The van der Waals surface area contributed by atoms with E-state index in [2.05, 4.69) is 0 Å². The van der Waals surface area contributed by atoms with Crippen LogP contribution in [0.3, 0.4) is 0 Å². The third-order valence-electron chi connectivity index (χ3n) is 7.10. The number of fused-ring (bicyclic) bond motifs is 1. The molecule has 3 aromatic rings. The first kappa shape index (κ1) is 28.1. The molecule has 216 valence electrons. The summed E-state index contributed by atoms with van der Waals surface area (Å²) in [6.45, 7) is 1.64. The Morgan fingerprint density at radius 1 is 0.950 bits per heavy atom. The second-order valence-electron chi connectivity index (χ2n) is 9.94. The highest BCUT2D eigenvalue weighted by molar-refractivity contribution is 5.86. The third-order valence-corrected chi connectivity index (χ3v) is 7.10. The molecule has 2 aromatic carbocycles. The predicted molar refractivity (Wildman–Crippen MR) is 139 cm³/mol. The van der Waals surface area contributed by atoms with E-state index in [9.17, 15) is 30.3 Å². The summed E-state index contributed by atoms with van der Waals surface area (Å²) in [5.41, 5.74) is -0.0774. The second kappa shape index (κ2) is 11.6. The Morgan fingerprint density at radius 2 is 1.75 bits per heavy atom. The van der Waals surface area contributed by atoms with Crippen LogP contribution in [0.5, 0.6) is 23.0 Å². The molecule has 2 aliphatic heterocycles. The first-order valence-corrected chi connectivity index (χ1v) is 12.9. The summed E-state index contributed by atoms with van der Waals surface area (Å²) >= 11 is 0. The van der Waals surface area contributed by atoms with Gasteiger partial charge in [0.05, 0.1) is 32.0 Å². The molecule has 1 aromatic heterocycles. The lowest BCUT2D eigenvalue weighted by Gasteiger charge is -2.38. The lowest BCUT2D eigenvalue weighted by molar-refractivity contribution is -0.265. The summed E-state index contributed by atoms with van der Waals surface area (Å²) < 4.78 is 34.0. The van der Waals surface area contributed by atoms with Crippen molar-refractivity contribution in [2.75, 3.05) is 13.7 Å². The number of ether oxygens (including phenoxy) is 5. The summed E-state index contributed by atoms with van der Waals surface area (Å²) in [5, 5.41) is 51.3. The number of hydrogen-bond acceptors (Lipinski definition) is 12. The van der Waals surface area contributed by atoms with Crippen LogP contribution in [-0.4, -0.2) is 82.3 Å². The van der Waals surface area contributed by atoms with Crippen LogP contribution in [0.4, 0.5) is 0 Å². The maximum Gasteiger partial charge on any atom is 0.202 e. The summed E-state index contributed by atoms with van der Waals surface area (Å²) in [6.07, 6.45) is -5.03. The minimum absolute atomic E-state index is 0.0230. The van der Waals surface area contributed by atoms with Gasteiger partial charge >= 0.3 is 0 Å². The van der Waals surface area contributed by atoms with Crippen molar-refractivity contribution in [2.24, 2.45) is 0 Å². The van der Waals surface area contributed by atoms with Crippen molar-refractivity contribution in [3.8, 4) is 34.3 Å². The van der Waals surface area contributed by atoms with Crippen LogP contribution in [-0.2, 0) is 14.2 Å². The van der Waals surface area contributed by atoms with E-state index in [0.717, 1.165) is 0 Å². The predicted octanol–water partition coefficient (Wildman–Crippen LogP) is 2.00. The van der Waals surface area contributed by atoms with Gasteiger partial charge in [0.1, 0.15) is 40.4 Å². The lowest BCUT2D eigenvalue weighted by Crippen LogP contribution is -2.52. The molecule has 2 aliphatic rings. The Kier molecular flexibility index (Phi) is 8.17. The Hall–Kier alpha value is -3.39. The van der Waals surface area contributed by atoms with Crippen molar-refractivity contribution in [3.63, 3.8) is 0 Å². The Bertz CT molecular complexity index is 1400. The summed E-state index contributed by atoms with van der Waals surface area (Å²) in [7, 11) is 1.41. The molecular formula is C28H32O12. The van der Waals surface area contributed by atoms with Crippen LogP contribution >= 0.6 is 0 Å². The van der Waals surface area contributed by atoms with Gasteiger partial charge in [-0.15, -0.1) is 0 Å². The number of phenols is 2. The standard InChI is InChI=1S/C28H32O12/c1-13-16(29)4-6-25(37-13)36-12-24-28(34)20(33)11-26(40-24)38-15-8-18(31)27-19(32)10-22(39-23(27)9-15)14-3-5-21(35-2)17(30)7-14/h3,5,7-10,13,16,20,24-26,28-31,33-34H,4,6,11-12H2,1-2H3/t13-,16+,20+,24+,25+,26+,28-/m0/s1. The first-order valence-electron chi connectivity index (χ1n) is 12.9. The monoisotopic (exact) mass is 560 g/mol. The zero-order valence-corrected chi connectivity index (χ0v) is 21.9. The van der Waals surface area contributed by atoms with Crippen LogP contribution in [0.2, 0.25) is 0 Å². The van der Waals surface area contributed by atoms with Crippen molar-refractivity contribution in [2.45, 2.75) is 69.3 Å². The Morgan fingerprint density at radius 3 is 2.48 bits per heavy atom. The van der Waals surface area contributed by atoms with Crippen LogP contribution in [0.25, 0.3) is 22.3 Å². The van der Waals surface area contributed by atoms with Gasteiger partial charge in [-0.25, -0.2) is 0 Å². The van der Waals surface area contributed by atoms with Gasteiger partial charge in [0.15, 0.2) is 23.2 Å². The molecule has 0 amide bonds. The van der Waals surface area contributed by atoms with Crippen LogP contribution < -0.4 is 14.9 Å². The van der Waals surface area contributed by atoms with E-state index in [0.29, 0.717) is 18.4 Å². The topological polar surface area (TPSA) is 178 Å². The maximum absolute atomic E-state index is 12.8. The van der Waals surface area contributed by atoms with Crippen LogP contribution in [0.15, 0.2) is 45.6 Å². The maximum atomic E-state index is 12.8. The largest absolute Gasteiger partial charge is 0.507 e. The Balaban J connectivity index is 1.33. The highest BCUT2D eigenvalue weighted by atomic mass is 16.7. The second-order valence-corrected chi connectivity index (χ2v) is 9.94. The number of methoxy groups -OCH3 is 1. The number of aliphatic hydroxyl groups is 3. The molecule has 2 saturated heterocycles. The number of aromatic hydroxyl groups is 2. The van der Waals surface area contributed by atoms with E-state index in [1.54, 1.807) is 13.0 Å². The smallest absolute Gasteiger partial charge is 0.202 e. The van der Waals surface area contributed by atoms with Gasteiger partial charge in [-0.1, -0.05) is 0 Å². The molecule has 0 radical (unpaired) electrons. The molecule has 0 spiro atoms. The van der Waals surface area contributed by atoms with Gasteiger partial charge in [0.25, 0.3) is 0 Å². The molecule has 12 heteroatoms. The molecule has 5 N–H and O–H groups in total. The van der Waals surface area contributed by atoms with E-state index in [1.807, 2.05) is 0 Å². The number of hydrogen-bond donors (Lipinski definition) is 5. The quantitative estimate of drug-likeness (QED) is 0.284. The molecule has 12 nitrogen and oxygen atoms in total. The van der Waals surface area contributed by atoms with Crippen molar-refractivity contribution >= 4 is 11.0 Å². The molecule has 0 aliphatic carbocycles. The summed E-state index contributed by atoms with van der Waals surface area (Å²) in [5.74, 6) is -0.0349. The van der Waals surface area contributed by atoms with Gasteiger partial charge < -0.3 is 53.6 Å². The zero-order valence-electron chi connectivity index (χ0n) is 21.9. The molecule has 5 rings (SSSR count). The van der Waals surface area contributed by atoms with Crippen LogP contribution in [0, 0.1) is 0 Å². The fourth-order valence-electron chi connectivity index (χ4n) is 4.84. The fraction of sp³-hybridized carbons (Fsp3) is 0.464. The molecule has 0 saturated carbocycles. The number of rotatable bonds is 7. The summed E-state index contributed by atoms with van der Waals surface area (Å²) in [6, 6.07) is 8.35. The van der Waals surface area contributed by atoms with Crippen molar-refractivity contribution in [3.05, 3.63) is 46.6 Å². The lowest BCUT2D eigenvalue weighted by atomic mass is 10.0.